The SMILES string of the molecule is CCCC1CCC([C@@H](C)OC(=O)c2ccccc2C(=O)O)CC1. The van der Waals surface area contributed by atoms with Gasteiger partial charge in [-0.15, -0.1) is 0 Å². The summed E-state index contributed by atoms with van der Waals surface area (Å²) in [6.45, 7) is 4.14. The van der Waals surface area contributed by atoms with Gasteiger partial charge in [0.1, 0.15) is 6.10 Å². The van der Waals surface area contributed by atoms with E-state index in [1.165, 1.54) is 37.8 Å². The van der Waals surface area contributed by atoms with E-state index in [0.717, 1.165) is 18.8 Å². The average molecular weight is 318 g/mol. The fourth-order valence-corrected chi connectivity index (χ4v) is 3.53. The lowest BCUT2D eigenvalue weighted by atomic mass is 9.78. The van der Waals surface area contributed by atoms with E-state index in [-0.39, 0.29) is 17.2 Å². The molecule has 1 aromatic rings. The molecule has 1 aromatic carbocycles. The van der Waals surface area contributed by atoms with E-state index in [4.69, 9.17) is 9.84 Å². The number of ether oxygens (including phenoxy) is 1. The Hall–Kier alpha value is -1.84. The predicted molar refractivity (Wildman–Crippen MR) is 88.6 cm³/mol. The van der Waals surface area contributed by atoms with Crippen LogP contribution in [0.3, 0.4) is 0 Å². The van der Waals surface area contributed by atoms with Crippen molar-refractivity contribution in [2.24, 2.45) is 11.8 Å². The zero-order valence-electron chi connectivity index (χ0n) is 14.0. The Morgan fingerprint density at radius 2 is 1.78 bits per heavy atom. The van der Waals surface area contributed by atoms with Gasteiger partial charge in [-0.3, -0.25) is 0 Å². The number of carbonyl (C=O) groups is 2. The number of carboxylic acid groups (broad SMARTS) is 1. The van der Waals surface area contributed by atoms with Crippen molar-refractivity contribution in [3.8, 4) is 0 Å². The van der Waals surface area contributed by atoms with Crippen molar-refractivity contribution >= 4 is 11.9 Å². The fraction of sp³-hybridized carbons (Fsp3) is 0.579. The second-order valence-electron chi connectivity index (χ2n) is 6.53. The minimum absolute atomic E-state index is 0.00338. The van der Waals surface area contributed by atoms with Crippen LogP contribution in [0.1, 0.15) is 73.1 Å². The van der Waals surface area contributed by atoms with E-state index in [1.807, 2.05) is 6.92 Å². The van der Waals surface area contributed by atoms with E-state index in [1.54, 1.807) is 12.1 Å². The molecule has 0 amide bonds. The molecule has 1 aliphatic rings. The van der Waals surface area contributed by atoms with Gasteiger partial charge in [0.05, 0.1) is 11.1 Å². The van der Waals surface area contributed by atoms with Crippen LogP contribution in [0.2, 0.25) is 0 Å². The zero-order valence-corrected chi connectivity index (χ0v) is 14.0. The van der Waals surface area contributed by atoms with Crippen LogP contribution in [0.4, 0.5) is 0 Å². The largest absolute Gasteiger partial charge is 0.478 e. The molecule has 1 N–H and O–H groups in total. The second kappa shape index (κ2) is 8.14. The second-order valence-corrected chi connectivity index (χ2v) is 6.53. The summed E-state index contributed by atoms with van der Waals surface area (Å²) < 4.78 is 5.56. The number of rotatable bonds is 6. The molecule has 4 nitrogen and oxygen atoms in total. The third kappa shape index (κ3) is 4.57. The molecule has 23 heavy (non-hydrogen) atoms. The van der Waals surface area contributed by atoms with Gasteiger partial charge in [0.2, 0.25) is 0 Å². The number of esters is 1. The van der Waals surface area contributed by atoms with E-state index in [9.17, 15) is 9.59 Å². The Morgan fingerprint density at radius 1 is 1.17 bits per heavy atom. The van der Waals surface area contributed by atoms with Crippen LogP contribution in [0.5, 0.6) is 0 Å². The van der Waals surface area contributed by atoms with Gasteiger partial charge in [-0.05, 0) is 43.7 Å². The monoisotopic (exact) mass is 318 g/mol. The smallest absolute Gasteiger partial charge is 0.339 e. The first kappa shape index (κ1) is 17.5. The van der Waals surface area contributed by atoms with Crippen molar-refractivity contribution in [3.05, 3.63) is 35.4 Å². The fourth-order valence-electron chi connectivity index (χ4n) is 3.53. The first-order chi connectivity index (χ1) is 11.0. The van der Waals surface area contributed by atoms with Crippen LogP contribution in [0.15, 0.2) is 24.3 Å². The zero-order chi connectivity index (χ0) is 16.8. The van der Waals surface area contributed by atoms with Gasteiger partial charge in [-0.2, -0.15) is 0 Å². The average Bonchev–Trinajstić information content (AvgIpc) is 2.55. The molecule has 0 unspecified atom stereocenters. The van der Waals surface area contributed by atoms with Gasteiger partial charge in [0.15, 0.2) is 0 Å². The van der Waals surface area contributed by atoms with Crippen LogP contribution in [0, 0.1) is 11.8 Å². The van der Waals surface area contributed by atoms with Gasteiger partial charge in [0.25, 0.3) is 0 Å². The highest BCUT2D eigenvalue weighted by molar-refractivity contribution is 6.02. The molecular weight excluding hydrogens is 292 g/mol. The highest BCUT2D eigenvalue weighted by Gasteiger charge is 2.28. The number of hydrogen-bond acceptors (Lipinski definition) is 3. The molecule has 0 aliphatic heterocycles. The van der Waals surface area contributed by atoms with Gasteiger partial charge in [-0.25, -0.2) is 9.59 Å². The van der Waals surface area contributed by atoms with Crippen molar-refractivity contribution < 1.29 is 19.4 Å². The summed E-state index contributed by atoms with van der Waals surface area (Å²) in [4.78, 5) is 23.5. The highest BCUT2D eigenvalue weighted by Crippen LogP contribution is 2.34. The maximum absolute atomic E-state index is 12.3. The predicted octanol–water partition coefficient (Wildman–Crippen LogP) is 4.54. The molecule has 0 spiro atoms. The highest BCUT2D eigenvalue weighted by atomic mass is 16.5. The minimum Gasteiger partial charge on any atom is -0.478 e. The lowest BCUT2D eigenvalue weighted by molar-refractivity contribution is 0.0109. The normalized spacial score (nSPS) is 22.3. The Balaban J connectivity index is 1.94. The van der Waals surface area contributed by atoms with Crippen LogP contribution in [0.25, 0.3) is 0 Å². The Morgan fingerprint density at radius 3 is 2.35 bits per heavy atom. The number of aromatic carboxylic acids is 1. The minimum atomic E-state index is -1.11. The van der Waals surface area contributed by atoms with Gasteiger partial charge in [0, 0.05) is 0 Å². The molecule has 1 fully saturated rings. The number of carbonyl (C=O) groups excluding carboxylic acids is 1. The molecule has 1 atom stereocenters. The molecule has 1 saturated carbocycles. The van der Waals surface area contributed by atoms with Crippen molar-refractivity contribution in [2.45, 2.75) is 58.5 Å². The van der Waals surface area contributed by atoms with Gasteiger partial charge >= 0.3 is 11.9 Å². The lowest BCUT2D eigenvalue weighted by Crippen LogP contribution is -2.28. The quantitative estimate of drug-likeness (QED) is 0.782. The van der Waals surface area contributed by atoms with Crippen molar-refractivity contribution in [1.29, 1.82) is 0 Å². The number of carboxylic acids is 1. The summed E-state index contributed by atoms with van der Waals surface area (Å²) in [5, 5.41) is 9.17. The first-order valence-electron chi connectivity index (χ1n) is 8.56. The number of hydrogen-bond donors (Lipinski definition) is 1. The van der Waals surface area contributed by atoms with E-state index < -0.39 is 11.9 Å². The molecule has 0 radical (unpaired) electrons. The molecule has 0 aromatic heterocycles. The molecule has 0 bridgehead atoms. The Labute approximate surface area is 137 Å². The summed E-state index contributed by atoms with van der Waals surface area (Å²) in [6, 6.07) is 6.21. The number of benzene rings is 1. The Kier molecular flexibility index (Phi) is 6.20. The van der Waals surface area contributed by atoms with Crippen molar-refractivity contribution in [3.63, 3.8) is 0 Å². The summed E-state index contributed by atoms with van der Waals surface area (Å²) in [5.41, 5.74) is 0.128. The van der Waals surface area contributed by atoms with Crippen LogP contribution < -0.4 is 0 Å². The lowest BCUT2D eigenvalue weighted by Gasteiger charge is -2.31. The summed E-state index contributed by atoms with van der Waals surface area (Å²) >= 11 is 0. The van der Waals surface area contributed by atoms with Gasteiger partial charge < -0.3 is 9.84 Å². The topological polar surface area (TPSA) is 63.6 Å². The molecule has 126 valence electrons. The molecule has 1 aliphatic carbocycles. The van der Waals surface area contributed by atoms with Gasteiger partial charge in [-0.1, -0.05) is 44.7 Å². The standard InChI is InChI=1S/C19H26O4/c1-3-6-14-9-11-15(12-10-14)13(2)23-19(22)17-8-5-4-7-16(17)18(20)21/h4-5,7-8,13-15H,3,6,9-12H2,1-2H3,(H,20,21)/t13-,14?,15?/m1/s1. The maximum Gasteiger partial charge on any atom is 0.339 e. The van der Waals surface area contributed by atoms with E-state index in [0.29, 0.717) is 5.92 Å². The molecular formula is C19H26O4. The summed E-state index contributed by atoms with van der Waals surface area (Å²) in [7, 11) is 0. The molecule has 2 rings (SSSR count). The Bertz CT molecular complexity index is 544. The maximum atomic E-state index is 12.3. The van der Waals surface area contributed by atoms with E-state index in [2.05, 4.69) is 6.92 Å². The first-order valence-corrected chi connectivity index (χ1v) is 8.56. The summed E-state index contributed by atoms with van der Waals surface area (Å²) in [6.07, 6.45) is 6.91. The van der Waals surface area contributed by atoms with Crippen LogP contribution >= 0.6 is 0 Å². The van der Waals surface area contributed by atoms with Crippen molar-refractivity contribution in [2.75, 3.05) is 0 Å². The molecule has 0 heterocycles. The van der Waals surface area contributed by atoms with Crippen LogP contribution in [-0.2, 0) is 4.74 Å². The molecule has 4 heteroatoms. The van der Waals surface area contributed by atoms with Crippen LogP contribution in [-0.4, -0.2) is 23.1 Å². The third-order valence-corrected chi connectivity index (χ3v) is 4.92. The molecule has 0 saturated heterocycles. The van der Waals surface area contributed by atoms with Crippen molar-refractivity contribution in [1.82, 2.24) is 0 Å². The van der Waals surface area contributed by atoms with E-state index >= 15 is 0 Å². The summed E-state index contributed by atoms with van der Waals surface area (Å²) in [5.74, 6) is -0.451. The third-order valence-electron chi connectivity index (χ3n) is 4.92.